The zero-order valence-electron chi connectivity index (χ0n) is 24.4. The van der Waals surface area contributed by atoms with E-state index in [9.17, 15) is 14.4 Å². The first-order valence-electron chi connectivity index (χ1n) is 14.7. The summed E-state index contributed by atoms with van der Waals surface area (Å²) in [6.07, 6.45) is 9.55. The fourth-order valence-electron chi connectivity index (χ4n) is 6.06. The van der Waals surface area contributed by atoms with E-state index in [0.29, 0.717) is 37.7 Å². The summed E-state index contributed by atoms with van der Waals surface area (Å²) in [6, 6.07) is 6.76. The van der Waals surface area contributed by atoms with Crippen LogP contribution in [0.1, 0.15) is 77.7 Å². The van der Waals surface area contributed by atoms with Crippen LogP contribution in [0.5, 0.6) is 0 Å². The average Bonchev–Trinajstić information content (AvgIpc) is 3.40. The van der Waals surface area contributed by atoms with Gasteiger partial charge in [0.15, 0.2) is 0 Å². The summed E-state index contributed by atoms with van der Waals surface area (Å²) < 4.78 is 5.54. The number of rotatable bonds is 9. The van der Waals surface area contributed by atoms with Gasteiger partial charge in [-0.1, -0.05) is 44.2 Å². The number of hydrogen-bond donors (Lipinski definition) is 2. The third-order valence-electron chi connectivity index (χ3n) is 8.06. The molecule has 2 aromatic rings. The molecule has 0 spiro atoms. The van der Waals surface area contributed by atoms with Crippen molar-refractivity contribution >= 4 is 34.4 Å². The van der Waals surface area contributed by atoms with E-state index < -0.39 is 17.7 Å². The van der Waals surface area contributed by atoms with Crippen molar-refractivity contribution in [1.29, 1.82) is 0 Å². The van der Waals surface area contributed by atoms with Crippen molar-refractivity contribution in [3.05, 3.63) is 36.0 Å². The topological polar surface area (TPSA) is 118 Å². The Balaban J connectivity index is 1.43. The van der Waals surface area contributed by atoms with E-state index in [-0.39, 0.29) is 24.3 Å². The van der Waals surface area contributed by atoms with Crippen LogP contribution < -0.4 is 11.1 Å². The number of nitrogens with two attached hydrogens (primary N) is 1. The average molecular weight is 552 g/mol. The SMILES string of the molecule is CN(CC(=O)OC(C)(C)C)[C@H](CC1CCCCC1)C(=O)N1CCC[C@H]1C(=O)NCc1ccc2c(N)nccc2c1. The lowest BCUT2D eigenvalue weighted by Gasteiger charge is -2.35. The van der Waals surface area contributed by atoms with E-state index in [1.54, 1.807) is 11.1 Å². The van der Waals surface area contributed by atoms with Crippen molar-refractivity contribution in [3.63, 3.8) is 0 Å². The van der Waals surface area contributed by atoms with Gasteiger partial charge in [0.2, 0.25) is 11.8 Å². The number of aromatic nitrogens is 1. The molecular weight excluding hydrogens is 506 g/mol. The van der Waals surface area contributed by atoms with Crippen LogP contribution in [0.15, 0.2) is 30.5 Å². The molecule has 1 aliphatic carbocycles. The highest BCUT2D eigenvalue weighted by Gasteiger charge is 2.39. The molecule has 3 N–H and O–H groups in total. The minimum atomic E-state index is -0.590. The lowest BCUT2D eigenvalue weighted by Crippen LogP contribution is -2.54. The number of likely N-dealkylation sites (N-methyl/N-ethyl adjacent to an activating group) is 1. The molecular formula is C31H45N5O4. The first kappa shape index (κ1) is 29.8. The number of nitrogen functional groups attached to an aromatic ring is 1. The normalized spacial score (nSPS) is 19.1. The van der Waals surface area contributed by atoms with Crippen LogP contribution in [0.2, 0.25) is 0 Å². The molecule has 1 aliphatic heterocycles. The van der Waals surface area contributed by atoms with Gasteiger partial charge < -0.3 is 20.7 Å². The molecule has 1 saturated heterocycles. The first-order valence-corrected chi connectivity index (χ1v) is 14.7. The molecule has 4 rings (SSSR count). The number of esters is 1. The van der Waals surface area contributed by atoms with Crippen LogP contribution in [0.25, 0.3) is 10.8 Å². The molecule has 2 atom stereocenters. The smallest absolute Gasteiger partial charge is 0.320 e. The minimum Gasteiger partial charge on any atom is -0.459 e. The summed E-state index contributed by atoms with van der Waals surface area (Å²) in [5.74, 6) is 0.359. The Bertz CT molecular complexity index is 1200. The molecule has 0 radical (unpaired) electrons. The number of pyridine rings is 1. The molecule has 0 bridgehead atoms. The second kappa shape index (κ2) is 13.0. The molecule has 2 aliphatic rings. The van der Waals surface area contributed by atoms with Crippen LogP contribution in [0.3, 0.4) is 0 Å². The van der Waals surface area contributed by atoms with Crippen molar-refractivity contribution in [3.8, 4) is 0 Å². The van der Waals surface area contributed by atoms with Crippen LogP contribution in [0, 0.1) is 5.92 Å². The molecule has 40 heavy (non-hydrogen) atoms. The summed E-state index contributed by atoms with van der Waals surface area (Å²) in [5, 5.41) is 4.89. The molecule has 2 heterocycles. The number of nitrogens with zero attached hydrogens (tertiary/aromatic N) is 3. The number of fused-ring (bicyclic) bond motifs is 1. The van der Waals surface area contributed by atoms with Crippen molar-refractivity contribution in [2.75, 3.05) is 25.9 Å². The second-order valence-corrected chi connectivity index (χ2v) is 12.4. The highest BCUT2D eigenvalue weighted by molar-refractivity contribution is 5.92. The standard InChI is InChI=1S/C31H45N5O4/c1-31(2,3)40-27(37)20-35(4)26(18-21-9-6-5-7-10-21)30(39)36-16-8-11-25(36)29(38)34-19-22-12-13-24-23(17-22)14-15-33-28(24)32/h12-15,17,21,25-26H,5-11,16,18-20H2,1-4H3,(H2,32,33)(H,34,38)/t25-,26+/m0/s1. The fraction of sp³-hybridized carbons (Fsp3) is 0.613. The number of benzene rings is 1. The van der Waals surface area contributed by atoms with E-state index in [1.807, 2.05) is 57.0 Å². The monoisotopic (exact) mass is 551 g/mol. The Kier molecular flexibility index (Phi) is 9.66. The van der Waals surface area contributed by atoms with Crippen LogP contribution >= 0.6 is 0 Å². The molecule has 218 valence electrons. The summed E-state index contributed by atoms with van der Waals surface area (Å²) in [7, 11) is 1.82. The lowest BCUT2D eigenvalue weighted by atomic mass is 9.84. The van der Waals surface area contributed by atoms with Crippen LogP contribution in [-0.2, 0) is 25.7 Å². The van der Waals surface area contributed by atoms with Gasteiger partial charge in [-0.25, -0.2) is 4.98 Å². The number of hydrogen-bond acceptors (Lipinski definition) is 7. The van der Waals surface area contributed by atoms with Gasteiger partial charge in [0.1, 0.15) is 17.5 Å². The quantitative estimate of drug-likeness (QED) is 0.452. The largest absolute Gasteiger partial charge is 0.459 e. The van der Waals surface area contributed by atoms with E-state index in [1.165, 1.54) is 19.3 Å². The zero-order chi connectivity index (χ0) is 28.9. The number of nitrogens with one attached hydrogen (secondary N) is 1. The molecule has 0 unspecified atom stereocenters. The summed E-state index contributed by atoms with van der Waals surface area (Å²) in [6.45, 7) is 6.46. The molecule has 2 fully saturated rings. The lowest BCUT2D eigenvalue weighted by molar-refractivity contribution is -0.157. The van der Waals surface area contributed by atoms with Crippen molar-refractivity contribution in [2.45, 2.75) is 96.4 Å². The number of anilines is 1. The molecule has 9 nitrogen and oxygen atoms in total. The number of likely N-dealkylation sites (tertiary alicyclic amines) is 1. The van der Waals surface area contributed by atoms with Gasteiger partial charge >= 0.3 is 5.97 Å². The van der Waals surface area contributed by atoms with Crippen LogP contribution in [0.4, 0.5) is 5.82 Å². The molecule has 1 aromatic carbocycles. The van der Waals surface area contributed by atoms with Gasteiger partial charge in [-0.05, 0) is 76.1 Å². The number of amides is 2. The van der Waals surface area contributed by atoms with Gasteiger partial charge in [-0.2, -0.15) is 0 Å². The molecule has 1 aromatic heterocycles. The third kappa shape index (κ3) is 7.71. The maximum atomic E-state index is 14.0. The molecule has 2 amide bonds. The van der Waals surface area contributed by atoms with E-state index in [4.69, 9.17) is 10.5 Å². The predicted molar refractivity (Wildman–Crippen MR) is 156 cm³/mol. The maximum Gasteiger partial charge on any atom is 0.320 e. The summed E-state index contributed by atoms with van der Waals surface area (Å²) in [4.78, 5) is 47.7. The van der Waals surface area contributed by atoms with Gasteiger partial charge in [0, 0.05) is 24.7 Å². The first-order chi connectivity index (χ1) is 19.0. The van der Waals surface area contributed by atoms with Crippen molar-refractivity contribution in [2.24, 2.45) is 5.92 Å². The van der Waals surface area contributed by atoms with Crippen LogP contribution in [-0.4, -0.2) is 70.4 Å². The second-order valence-electron chi connectivity index (χ2n) is 12.4. The van der Waals surface area contributed by atoms with Gasteiger partial charge in [-0.15, -0.1) is 0 Å². The van der Waals surface area contributed by atoms with E-state index >= 15 is 0 Å². The Morgan fingerprint density at radius 3 is 2.60 bits per heavy atom. The predicted octanol–water partition coefficient (Wildman–Crippen LogP) is 4.04. The Morgan fingerprint density at radius 1 is 1.12 bits per heavy atom. The van der Waals surface area contributed by atoms with E-state index in [0.717, 1.165) is 35.6 Å². The van der Waals surface area contributed by atoms with Gasteiger partial charge in [0.05, 0.1) is 12.6 Å². The highest BCUT2D eigenvalue weighted by atomic mass is 16.6. The fourth-order valence-corrected chi connectivity index (χ4v) is 6.06. The Hall–Kier alpha value is -3.20. The van der Waals surface area contributed by atoms with E-state index in [2.05, 4.69) is 10.3 Å². The molecule has 9 heteroatoms. The van der Waals surface area contributed by atoms with Crippen molar-refractivity contribution < 1.29 is 19.1 Å². The maximum absolute atomic E-state index is 14.0. The number of carbonyl (C=O) groups is 3. The third-order valence-corrected chi connectivity index (χ3v) is 8.06. The number of ether oxygens (including phenoxy) is 1. The minimum absolute atomic E-state index is 0.0348. The van der Waals surface area contributed by atoms with Gasteiger partial charge in [0.25, 0.3) is 0 Å². The zero-order valence-corrected chi connectivity index (χ0v) is 24.4. The highest BCUT2D eigenvalue weighted by Crippen LogP contribution is 2.30. The summed E-state index contributed by atoms with van der Waals surface area (Å²) in [5.41, 5.74) is 6.33. The summed E-state index contributed by atoms with van der Waals surface area (Å²) >= 11 is 0. The number of carbonyl (C=O) groups excluding carboxylic acids is 3. The Labute approximate surface area is 237 Å². The van der Waals surface area contributed by atoms with Crippen molar-refractivity contribution in [1.82, 2.24) is 20.1 Å². The molecule has 1 saturated carbocycles. The van der Waals surface area contributed by atoms with Gasteiger partial charge in [-0.3, -0.25) is 19.3 Å². The Morgan fingerprint density at radius 2 is 1.88 bits per heavy atom.